The molecule has 0 bridgehead atoms. The van der Waals surface area contributed by atoms with Crippen molar-refractivity contribution in [2.45, 2.75) is 13.5 Å². The Morgan fingerprint density at radius 3 is 2.92 bits per heavy atom. The minimum absolute atomic E-state index is 0.0176. The molecule has 0 unspecified atom stereocenters. The van der Waals surface area contributed by atoms with Crippen molar-refractivity contribution >= 4 is 5.78 Å². The second kappa shape index (κ2) is 3.97. The van der Waals surface area contributed by atoms with Gasteiger partial charge in [-0.2, -0.15) is 4.57 Å². The molecule has 0 atom stereocenters. The average Bonchev–Trinajstić information content (AvgIpc) is 2.05. The summed E-state index contributed by atoms with van der Waals surface area (Å²) in [6, 6.07) is 5.39. The monoisotopic (exact) mass is 166 g/mol. The third-order valence-corrected chi connectivity index (χ3v) is 1.64. The van der Waals surface area contributed by atoms with Gasteiger partial charge in [-0.15, -0.1) is 0 Å². The number of carbonyl (C=O) groups is 1. The van der Waals surface area contributed by atoms with Crippen LogP contribution in [0.15, 0.2) is 24.4 Å². The number of Topliss-reactive ketones (excluding diaryl/α,β-unsaturated/α-hetero) is 1. The van der Waals surface area contributed by atoms with Crippen molar-refractivity contribution in [2.24, 2.45) is 0 Å². The molecule has 0 saturated heterocycles. The van der Waals surface area contributed by atoms with E-state index in [4.69, 9.17) is 5.11 Å². The van der Waals surface area contributed by atoms with E-state index in [1.807, 2.05) is 12.1 Å². The molecule has 3 nitrogen and oxygen atoms in total. The lowest BCUT2D eigenvalue weighted by Crippen LogP contribution is -2.40. The third kappa shape index (κ3) is 1.89. The van der Waals surface area contributed by atoms with E-state index in [1.165, 1.54) is 6.92 Å². The summed E-state index contributed by atoms with van der Waals surface area (Å²) in [6.07, 6.45) is 1.78. The standard InChI is InChI=1S/C9H12NO2/c1-8(12)9-4-2-3-5-10(9)6-7-11/h2-5,11H,6-7H2,1H3/q+1. The minimum atomic E-state index is 0.0176. The highest BCUT2D eigenvalue weighted by Crippen LogP contribution is 1.91. The SMILES string of the molecule is CC(=O)c1cccc[n+]1CCO. The summed E-state index contributed by atoms with van der Waals surface area (Å²) in [5.41, 5.74) is 0.631. The van der Waals surface area contributed by atoms with Crippen LogP contribution in [-0.4, -0.2) is 17.5 Å². The van der Waals surface area contributed by atoms with Crippen LogP contribution >= 0.6 is 0 Å². The lowest BCUT2D eigenvalue weighted by molar-refractivity contribution is -0.699. The largest absolute Gasteiger partial charge is 0.390 e. The molecule has 12 heavy (non-hydrogen) atoms. The van der Waals surface area contributed by atoms with Gasteiger partial charge in [0.1, 0.15) is 6.61 Å². The first-order valence-corrected chi connectivity index (χ1v) is 3.86. The van der Waals surface area contributed by atoms with Crippen LogP contribution in [0.4, 0.5) is 0 Å². The van der Waals surface area contributed by atoms with Gasteiger partial charge in [-0.1, -0.05) is 0 Å². The third-order valence-electron chi connectivity index (χ3n) is 1.64. The molecule has 1 aromatic heterocycles. The van der Waals surface area contributed by atoms with E-state index in [1.54, 1.807) is 16.8 Å². The van der Waals surface area contributed by atoms with Crippen molar-refractivity contribution in [3.63, 3.8) is 0 Å². The van der Waals surface area contributed by atoms with E-state index in [0.717, 1.165) is 0 Å². The smallest absolute Gasteiger partial charge is 0.248 e. The quantitative estimate of drug-likeness (QED) is 0.513. The number of aliphatic hydroxyl groups is 1. The Bertz CT molecular complexity index is 284. The Morgan fingerprint density at radius 2 is 2.33 bits per heavy atom. The predicted molar refractivity (Wildman–Crippen MR) is 43.7 cm³/mol. The Morgan fingerprint density at radius 1 is 1.58 bits per heavy atom. The lowest BCUT2D eigenvalue weighted by Gasteiger charge is -1.97. The molecule has 3 heteroatoms. The van der Waals surface area contributed by atoms with Crippen molar-refractivity contribution in [3.8, 4) is 0 Å². The molecular formula is C9H12NO2+. The summed E-state index contributed by atoms with van der Waals surface area (Å²) < 4.78 is 1.74. The summed E-state index contributed by atoms with van der Waals surface area (Å²) >= 11 is 0. The molecule has 1 N–H and O–H groups in total. The second-order valence-electron chi connectivity index (χ2n) is 2.56. The van der Waals surface area contributed by atoms with Gasteiger partial charge in [0.05, 0.1) is 0 Å². The van der Waals surface area contributed by atoms with Crippen LogP contribution in [-0.2, 0) is 6.54 Å². The molecule has 0 aromatic carbocycles. The maximum Gasteiger partial charge on any atom is 0.248 e. The highest BCUT2D eigenvalue weighted by atomic mass is 16.3. The van der Waals surface area contributed by atoms with E-state index >= 15 is 0 Å². The molecule has 0 aliphatic carbocycles. The minimum Gasteiger partial charge on any atom is -0.390 e. The summed E-state index contributed by atoms with van der Waals surface area (Å²) in [7, 11) is 0. The Hall–Kier alpha value is -1.22. The first-order chi connectivity index (χ1) is 5.75. The van der Waals surface area contributed by atoms with Crippen molar-refractivity contribution in [2.75, 3.05) is 6.61 Å². The molecule has 64 valence electrons. The fraction of sp³-hybridized carbons (Fsp3) is 0.333. The lowest BCUT2D eigenvalue weighted by atomic mass is 10.2. The molecular weight excluding hydrogens is 154 g/mol. The van der Waals surface area contributed by atoms with Gasteiger partial charge >= 0.3 is 0 Å². The van der Waals surface area contributed by atoms with Crippen LogP contribution in [0, 0.1) is 0 Å². The highest BCUT2D eigenvalue weighted by Gasteiger charge is 2.12. The van der Waals surface area contributed by atoms with E-state index in [0.29, 0.717) is 12.2 Å². The zero-order valence-corrected chi connectivity index (χ0v) is 7.03. The molecule has 0 saturated carbocycles. The normalized spacial score (nSPS) is 9.83. The van der Waals surface area contributed by atoms with E-state index < -0.39 is 0 Å². The van der Waals surface area contributed by atoms with Crippen LogP contribution in [0.1, 0.15) is 17.4 Å². The molecule has 0 amide bonds. The highest BCUT2D eigenvalue weighted by molar-refractivity contribution is 5.90. The van der Waals surface area contributed by atoms with E-state index in [9.17, 15) is 4.79 Å². The van der Waals surface area contributed by atoms with Gasteiger partial charge < -0.3 is 5.11 Å². The summed E-state index contributed by atoms with van der Waals surface area (Å²) in [5, 5.41) is 8.69. The zero-order chi connectivity index (χ0) is 8.97. The van der Waals surface area contributed by atoms with Crippen LogP contribution in [0.2, 0.25) is 0 Å². The van der Waals surface area contributed by atoms with Crippen molar-refractivity contribution < 1.29 is 14.5 Å². The fourth-order valence-corrected chi connectivity index (χ4v) is 1.10. The number of aliphatic hydroxyl groups excluding tert-OH is 1. The van der Waals surface area contributed by atoms with Crippen molar-refractivity contribution in [1.82, 2.24) is 0 Å². The van der Waals surface area contributed by atoms with Crippen LogP contribution in [0.25, 0.3) is 0 Å². The number of aromatic nitrogens is 1. The molecule has 0 spiro atoms. The van der Waals surface area contributed by atoms with E-state index in [2.05, 4.69) is 0 Å². The topological polar surface area (TPSA) is 41.2 Å². The first-order valence-electron chi connectivity index (χ1n) is 3.86. The average molecular weight is 166 g/mol. The van der Waals surface area contributed by atoms with Gasteiger partial charge in [0.25, 0.3) is 0 Å². The fourth-order valence-electron chi connectivity index (χ4n) is 1.10. The first kappa shape index (κ1) is 8.87. The maximum absolute atomic E-state index is 11.0. The Kier molecular flexibility index (Phi) is 2.94. The molecule has 0 radical (unpaired) electrons. The number of carbonyl (C=O) groups excluding carboxylic acids is 1. The van der Waals surface area contributed by atoms with E-state index in [-0.39, 0.29) is 12.4 Å². The Balaban J connectivity index is 3.00. The van der Waals surface area contributed by atoms with Crippen LogP contribution < -0.4 is 4.57 Å². The molecule has 1 rings (SSSR count). The number of hydrogen-bond acceptors (Lipinski definition) is 2. The van der Waals surface area contributed by atoms with Gasteiger partial charge in [-0.25, -0.2) is 0 Å². The number of ketones is 1. The number of hydrogen-bond donors (Lipinski definition) is 1. The number of nitrogens with zero attached hydrogens (tertiary/aromatic N) is 1. The summed E-state index contributed by atoms with van der Waals surface area (Å²) in [6.45, 7) is 2.04. The zero-order valence-electron chi connectivity index (χ0n) is 7.03. The van der Waals surface area contributed by atoms with Gasteiger partial charge in [0, 0.05) is 19.1 Å². The van der Waals surface area contributed by atoms with Gasteiger partial charge in [0.2, 0.25) is 11.5 Å². The second-order valence-corrected chi connectivity index (χ2v) is 2.56. The summed E-state index contributed by atoms with van der Waals surface area (Å²) in [4.78, 5) is 11.0. The predicted octanol–water partition coefficient (Wildman–Crippen LogP) is 0.169. The van der Waals surface area contributed by atoms with Crippen LogP contribution in [0.5, 0.6) is 0 Å². The maximum atomic E-state index is 11.0. The number of pyridine rings is 1. The van der Waals surface area contributed by atoms with Gasteiger partial charge in [-0.3, -0.25) is 4.79 Å². The molecule has 0 aliphatic rings. The molecule has 0 fully saturated rings. The molecule has 0 aliphatic heterocycles. The van der Waals surface area contributed by atoms with Crippen LogP contribution in [0.3, 0.4) is 0 Å². The Labute approximate surface area is 71.3 Å². The molecule has 1 aromatic rings. The van der Waals surface area contributed by atoms with Gasteiger partial charge in [-0.05, 0) is 6.07 Å². The van der Waals surface area contributed by atoms with Gasteiger partial charge in [0.15, 0.2) is 12.7 Å². The summed E-state index contributed by atoms with van der Waals surface area (Å²) in [5.74, 6) is 0.0176. The number of rotatable bonds is 3. The van der Waals surface area contributed by atoms with Crippen molar-refractivity contribution in [1.29, 1.82) is 0 Å². The van der Waals surface area contributed by atoms with Crippen molar-refractivity contribution in [3.05, 3.63) is 30.1 Å². The molecule has 1 heterocycles.